The highest BCUT2D eigenvalue weighted by atomic mass is 35.5. The van der Waals surface area contributed by atoms with Gasteiger partial charge in [-0.15, -0.1) is 12.4 Å². The van der Waals surface area contributed by atoms with Gasteiger partial charge < -0.3 is 10.2 Å². The number of rotatable bonds is 3. The number of piperazine rings is 1. The summed E-state index contributed by atoms with van der Waals surface area (Å²) in [5.41, 5.74) is 0.879. The molecule has 22 heavy (non-hydrogen) atoms. The van der Waals surface area contributed by atoms with Crippen molar-refractivity contribution in [2.24, 2.45) is 0 Å². The van der Waals surface area contributed by atoms with E-state index >= 15 is 0 Å². The van der Waals surface area contributed by atoms with Gasteiger partial charge in [-0.2, -0.15) is 0 Å². The number of nitrogens with one attached hydrogen (secondary N) is 1. The lowest BCUT2D eigenvalue weighted by molar-refractivity contribution is -0.132. The van der Waals surface area contributed by atoms with Gasteiger partial charge in [0, 0.05) is 38.8 Å². The number of halogens is 2. The van der Waals surface area contributed by atoms with Crippen LogP contribution in [-0.2, 0) is 11.2 Å². The normalized spacial score (nSPS) is 22.4. The van der Waals surface area contributed by atoms with E-state index in [9.17, 15) is 9.18 Å². The van der Waals surface area contributed by atoms with Crippen LogP contribution in [0.15, 0.2) is 24.3 Å². The molecule has 0 aliphatic carbocycles. The number of hydrogen-bond donors (Lipinski definition) is 1. The molecule has 0 radical (unpaired) electrons. The highest BCUT2D eigenvalue weighted by Gasteiger charge is 2.27. The van der Waals surface area contributed by atoms with E-state index in [1.807, 2.05) is 4.90 Å². The number of nitrogens with zero attached hydrogens (tertiary/aromatic N) is 2. The van der Waals surface area contributed by atoms with Crippen LogP contribution in [0.5, 0.6) is 0 Å². The number of carbonyl (C=O) groups excluding carboxylic acids is 1. The summed E-state index contributed by atoms with van der Waals surface area (Å²) < 4.78 is 12.9. The molecule has 1 aromatic rings. The Morgan fingerprint density at radius 1 is 1.18 bits per heavy atom. The van der Waals surface area contributed by atoms with E-state index in [2.05, 4.69) is 10.2 Å². The molecule has 3 rings (SSSR count). The van der Waals surface area contributed by atoms with Crippen LogP contribution < -0.4 is 5.32 Å². The first-order valence-electron chi connectivity index (χ1n) is 7.69. The van der Waals surface area contributed by atoms with E-state index in [-0.39, 0.29) is 24.1 Å². The van der Waals surface area contributed by atoms with Gasteiger partial charge in [-0.1, -0.05) is 12.1 Å². The monoisotopic (exact) mass is 327 g/mol. The maximum Gasteiger partial charge on any atom is 0.227 e. The standard InChI is InChI=1S/C16H22FN3O.ClH/c17-14-3-1-13(2-4-14)11-16(21)20-9-7-19(8-10-20)15-5-6-18-12-15;/h1-4,15,18H,5-12H2;1H. The molecule has 0 spiro atoms. The van der Waals surface area contributed by atoms with Crippen molar-refractivity contribution >= 4 is 18.3 Å². The average Bonchev–Trinajstić information content (AvgIpc) is 3.04. The highest BCUT2D eigenvalue weighted by molar-refractivity contribution is 5.85. The van der Waals surface area contributed by atoms with Gasteiger partial charge in [0.05, 0.1) is 6.42 Å². The van der Waals surface area contributed by atoms with Crippen LogP contribution in [0.2, 0.25) is 0 Å². The second kappa shape index (κ2) is 7.90. The van der Waals surface area contributed by atoms with Crippen molar-refractivity contribution in [1.82, 2.24) is 15.1 Å². The molecule has 2 heterocycles. The Labute approximate surface area is 137 Å². The summed E-state index contributed by atoms with van der Waals surface area (Å²) in [7, 11) is 0. The van der Waals surface area contributed by atoms with Gasteiger partial charge in [-0.3, -0.25) is 9.69 Å². The first-order chi connectivity index (χ1) is 10.2. The predicted molar refractivity (Wildman–Crippen MR) is 86.8 cm³/mol. The van der Waals surface area contributed by atoms with Gasteiger partial charge in [0.1, 0.15) is 5.82 Å². The lowest BCUT2D eigenvalue weighted by atomic mass is 10.1. The molecule has 122 valence electrons. The number of hydrogen-bond acceptors (Lipinski definition) is 3. The van der Waals surface area contributed by atoms with Crippen LogP contribution in [0.4, 0.5) is 4.39 Å². The summed E-state index contributed by atoms with van der Waals surface area (Å²) in [6, 6.07) is 6.84. The number of carbonyl (C=O) groups is 1. The first-order valence-corrected chi connectivity index (χ1v) is 7.69. The SMILES string of the molecule is Cl.O=C(Cc1ccc(F)cc1)N1CCN(C2CCNC2)CC1. The second-order valence-corrected chi connectivity index (χ2v) is 5.87. The highest BCUT2D eigenvalue weighted by Crippen LogP contribution is 2.13. The molecule has 0 bridgehead atoms. The molecule has 0 aromatic heterocycles. The Hall–Kier alpha value is -1.17. The Balaban J connectivity index is 0.00000176. The average molecular weight is 328 g/mol. The van der Waals surface area contributed by atoms with Crippen molar-refractivity contribution in [1.29, 1.82) is 0 Å². The van der Waals surface area contributed by atoms with Crippen molar-refractivity contribution in [3.63, 3.8) is 0 Å². The molecule has 2 saturated heterocycles. The van der Waals surface area contributed by atoms with Crippen LogP contribution >= 0.6 is 12.4 Å². The Morgan fingerprint density at radius 3 is 2.45 bits per heavy atom. The third-order valence-electron chi connectivity index (χ3n) is 4.49. The van der Waals surface area contributed by atoms with E-state index in [1.54, 1.807) is 12.1 Å². The van der Waals surface area contributed by atoms with Crippen LogP contribution in [-0.4, -0.2) is 61.0 Å². The summed E-state index contributed by atoms with van der Waals surface area (Å²) >= 11 is 0. The van der Waals surface area contributed by atoms with Crippen LogP contribution in [0.25, 0.3) is 0 Å². The third kappa shape index (κ3) is 4.18. The number of amides is 1. The second-order valence-electron chi connectivity index (χ2n) is 5.87. The largest absolute Gasteiger partial charge is 0.340 e. The molecular weight excluding hydrogens is 305 g/mol. The minimum atomic E-state index is -0.259. The smallest absolute Gasteiger partial charge is 0.227 e. The molecule has 2 aliphatic heterocycles. The summed E-state index contributed by atoms with van der Waals surface area (Å²) in [6.45, 7) is 5.70. The quantitative estimate of drug-likeness (QED) is 0.909. The molecule has 2 fully saturated rings. The van der Waals surface area contributed by atoms with Gasteiger partial charge in [-0.05, 0) is 30.7 Å². The summed E-state index contributed by atoms with van der Waals surface area (Å²) in [5, 5.41) is 3.39. The molecule has 1 unspecified atom stereocenters. The van der Waals surface area contributed by atoms with Crippen LogP contribution in [0.3, 0.4) is 0 Å². The zero-order valence-electron chi connectivity index (χ0n) is 12.6. The molecule has 1 amide bonds. The van der Waals surface area contributed by atoms with Crippen molar-refractivity contribution in [2.45, 2.75) is 18.9 Å². The van der Waals surface area contributed by atoms with Gasteiger partial charge in [0.15, 0.2) is 0 Å². The lowest BCUT2D eigenvalue weighted by Crippen LogP contribution is -2.52. The molecule has 1 aromatic carbocycles. The van der Waals surface area contributed by atoms with Crippen LogP contribution in [0, 0.1) is 5.82 Å². The maximum atomic E-state index is 12.9. The van der Waals surface area contributed by atoms with Gasteiger partial charge in [0.25, 0.3) is 0 Å². The topological polar surface area (TPSA) is 35.6 Å². The van der Waals surface area contributed by atoms with Crippen molar-refractivity contribution in [3.05, 3.63) is 35.6 Å². The number of benzene rings is 1. The minimum Gasteiger partial charge on any atom is -0.340 e. The first kappa shape index (κ1) is 17.2. The van der Waals surface area contributed by atoms with Gasteiger partial charge in [0.2, 0.25) is 5.91 Å². The summed E-state index contributed by atoms with van der Waals surface area (Å²) in [4.78, 5) is 16.7. The van der Waals surface area contributed by atoms with E-state index in [4.69, 9.17) is 0 Å². The fraction of sp³-hybridized carbons (Fsp3) is 0.562. The van der Waals surface area contributed by atoms with E-state index in [0.29, 0.717) is 12.5 Å². The molecule has 2 aliphatic rings. The van der Waals surface area contributed by atoms with Crippen LogP contribution in [0.1, 0.15) is 12.0 Å². The molecular formula is C16H23ClFN3O. The Morgan fingerprint density at radius 2 is 1.86 bits per heavy atom. The predicted octanol–water partition coefficient (Wildman–Crippen LogP) is 1.30. The fourth-order valence-corrected chi connectivity index (χ4v) is 3.18. The van der Waals surface area contributed by atoms with Crippen molar-refractivity contribution in [2.75, 3.05) is 39.3 Å². The molecule has 4 nitrogen and oxygen atoms in total. The zero-order chi connectivity index (χ0) is 14.7. The van der Waals surface area contributed by atoms with Crippen molar-refractivity contribution in [3.8, 4) is 0 Å². The summed E-state index contributed by atoms with van der Waals surface area (Å²) in [5.74, 6) is -0.115. The van der Waals surface area contributed by atoms with E-state index in [1.165, 1.54) is 18.6 Å². The minimum absolute atomic E-state index is 0. The fourth-order valence-electron chi connectivity index (χ4n) is 3.18. The van der Waals surface area contributed by atoms with Crippen molar-refractivity contribution < 1.29 is 9.18 Å². The molecule has 1 N–H and O–H groups in total. The van der Waals surface area contributed by atoms with Gasteiger partial charge in [-0.25, -0.2) is 4.39 Å². The lowest BCUT2D eigenvalue weighted by Gasteiger charge is -2.37. The maximum absolute atomic E-state index is 12.9. The summed E-state index contributed by atoms with van der Waals surface area (Å²) in [6.07, 6.45) is 1.58. The van der Waals surface area contributed by atoms with E-state index in [0.717, 1.165) is 44.8 Å². The third-order valence-corrected chi connectivity index (χ3v) is 4.49. The zero-order valence-corrected chi connectivity index (χ0v) is 13.4. The van der Waals surface area contributed by atoms with Gasteiger partial charge >= 0.3 is 0 Å². The Kier molecular flexibility index (Phi) is 6.17. The molecule has 0 saturated carbocycles. The molecule has 1 atom stereocenters. The van der Waals surface area contributed by atoms with E-state index < -0.39 is 0 Å². The molecule has 6 heteroatoms. The Bertz CT molecular complexity index is 483.